The van der Waals surface area contributed by atoms with Crippen LogP contribution in [-0.4, -0.2) is 4.98 Å². The number of fused-ring (bicyclic) bond motifs is 6. The summed E-state index contributed by atoms with van der Waals surface area (Å²) < 4.78 is 0. The SMILES string of the molecule is c1ccc(-c2cccc(-c3nccc(-c4ccccc4)c3-c3ccccc3)c2-c2cccc3c4ccccc4c4ccccc4c23)cc1. The lowest BCUT2D eigenvalue weighted by atomic mass is 9.82. The molecule has 1 heterocycles. The Kier molecular flexibility index (Phi) is 6.87. The van der Waals surface area contributed by atoms with Gasteiger partial charge in [-0.05, 0) is 77.3 Å². The van der Waals surface area contributed by atoms with Crippen LogP contribution < -0.4 is 0 Å². The minimum atomic E-state index is 0.970. The van der Waals surface area contributed by atoms with E-state index in [0.29, 0.717) is 0 Å². The van der Waals surface area contributed by atoms with E-state index in [1.807, 2.05) is 6.20 Å². The fraction of sp³-hybridized carbons (Fsp3) is 0. The number of pyridine rings is 1. The molecule has 1 aromatic heterocycles. The minimum absolute atomic E-state index is 0.970. The Morgan fingerprint density at radius 3 is 1.29 bits per heavy atom. The summed E-state index contributed by atoms with van der Waals surface area (Å²) in [4.78, 5) is 5.22. The smallest absolute Gasteiger partial charge is 0.0792 e. The highest BCUT2D eigenvalue weighted by atomic mass is 14.7. The van der Waals surface area contributed by atoms with Gasteiger partial charge in [0.15, 0.2) is 0 Å². The van der Waals surface area contributed by atoms with E-state index in [4.69, 9.17) is 4.98 Å². The maximum atomic E-state index is 5.22. The van der Waals surface area contributed by atoms with Gasteiger partial charge in [-0.1, -0.05) is 176 Å². The highest BCUT2D eigenvalue weighted by molar-refractivity contribution is 6.29. The van der Waals surface area contributed by atoms with Gasteiger partial charge in [0, 0.05) is 17.3 Å². The third-order valence-electron chi connectivity index (χ3n) is 9.54. The van der Waals surface area contributed by atoms with Gasteiger partial charge in [-0.15, -0.1) is 0 Å². The average Bonchev–Trinajstić information content (AvgIpc) is 3.18. The number of rotatable bonds is 5. The molecule has 0 atom stereocenters. The first-order valence-corrected chi connectivity index (χ1v) is 16.5. The molecule has 0 radical (unpaired) electrons. The second-order valence-electron chi connectivity index (χ2n) is 12.2. The van der Waals surface area contributed by atoms with E-state index in [0.717, 1.165) is 27.9 Å². The molecular formula is C47H31N. The third-order valence-corrected chi connectivity index (χ3v) is 9.54. The summed E-state index contributed by atoms with van der Waals surface area (Å²) in [6.45, 7) is 0. The Morgan fingerprint density at radius 2 is 0.688 bits per heavy atom. The molecule has 9 rings (SSSR count). The summed E-state index contributed by atoms with van der Waals surface area (Å²) in [6.07, 6.45) is 1.97. The van der Waals surface area contributed by atoms with E-state index in [9.17, 15) is 0 Å². The van der Waals surface area contributed by atoms with E-state index < -0.39 is 0 Å². The molecule has 1 nitrogen and oxygen atoms in total. The summed E-state index contributed by atoms with van der Waals surface area (Å²) in [5.41, 5.74) is 11.4. The van der Waals surface area contributed by atoms with Crippen molar-refractivity contribution in [2.45, 2.75) is 0 Å². The van der Waals surface area contributed by atoms with Gasteiger partial charge in [0.1, 0.15) is 0 Å². The first kappa shape index (κ1) is 28.0. The number of aromatic nitrogens is 1. The van der Waals surface area contributed by atoms with Gasteiger partial charge < -0.3 is 0 Å². The Bertz CT molecular complexity index is 2540. The second-order valence-corrected chi connectivity index (χ2v) is 12.2. The van der Waals surface area contributed by atoms with Crippen molar-refractivity contribution < 1.29 is 0 Å². The van der Waals surface area contributed by atoms with Gasteiger partial charge in [-0.25, -0.2) is 0 Å². The van der Waals surface area contributed by atoms with Gasteiger partial charge in [0.05, 0.1) is 5.69 Å². The van der Waals surface area contributed by atoms with Crippen LogP contribution in [0.2, 0.25) is 0 Å². The molecule has 0 N–H and O–H groups in total. The summed E-state index contributed by atoms with van der Waals surface area (Å²) in [7, 11) is 0. The summed E-state index contributed by atoms with van der Waals surface area (Å²) in [6, 6.07) is 65.5. The van der Waals surface area contributed by atoms with Crippen LogP contribution in [0.4, 0.5) is 0 Å². The van der Waals surface area contributed by atoms with Crippen LogP contribution in [0.5, 0.6) is 0 Å². The Hall–Kier alpha value is -6.31. The van der Waals surface area contributed by atoms with Crippen LogP contribution in [0, 0.1) is 0 Å². The van der Waals surface area contributed by atoms with Crippen LogP contribution in [0.1, 0.15) is 0 Å². The molecule has 0 aliphatic heterocycles. The van der Waals surface area contributed by atoms with Gasteiger partial charge in [0.25, 0.3) is 0 Å². The zero-order chi connectivity index (χ0) is 31.9. The number of hydrogen-bond donors (Lipinski definition) is 0. The Balaban J connectivity index is 1.45. The predicted octanol–water partition coefficient (Wildman–Crippen LogP) is 12.9. The average molecular weight is 610 g/mol. The summed E-state index contributed by atoms with van der Waals surface area (Å²) >= 11 is 0. The second kappa shape index (κ2) is 11.8. The molecule has 0 bridgehead atoms. The van der Waals surface area contributed by atoms with E-state index in [2.05, 4.69) is 182 Å². The fourth-order valence-electron chi connectivity index (χ4n) is 7.48. The van der Waals surface area contributed by atoms with Crippen molar-refractivity contribution in [1.29, 1.82) is 0 Å². The monoisotopic (exact) mass is 609 g/mol. The van der Waals surface area contributed by atoms with E-state index >= 15 is 0 Å². The van der Waals surface area contributed by atoms with Crippen molar-refractivity contribution in [3.63, 3.8) is 0 Å². The molecule has 48 heavy (non-hydrogen) atoms. The lowest BCUT2D eigenvalue weighted by molar-refractivity contribution is 1.32. The van der Waals surface area contributed by atoms with Gasteiger partial charge >= 0.3 is 0 Å². The van der Waals surface area contributed by atoms with Crippen LogP contribution >= 0.6 is 0 Å². The molecule has 0 amide bonds. The van der Waals surface area contributed by atoms with Gasteiger partial charge in [-0.2, -0.15) is 0 Å². The lowest BCUT2D eigenvalue weighted by Gasteiger charge is -2.22. The molecule has 8 aromatic carbocycles. The molecule has 9 aromatic rings. The van der Waals surface area contributed by atoms with E-state index in [1.54, 1.807) is 0 Å². The topological polar surface area (TPSA) is 12.9 Å². The molecule has 224 valence electrons. The highest BCUT2D eigenvalue weighted by Crippen LogP contribution is 2.48. The van der Waals surface area contributed by atoms with Crippen molar-refractivity contribution in [3.8, 4) is 55.8 Å². The van der Waals surface area contributed by atoms with Crippen molar-refractivity contribution >= 4 is 32.3 Å². The molecule has 0 fully saturated rings. The van der Waals surface area contributed by atoms with Crippen LogP contribution in [0.25, 0.3) is 88.1 Å². The highest BCUT2D eigenvalue weighted by Gasteiger charge is 2.23. The molecule has 0 saturated heterocycles. The first-order chi connectivity index (χ1) is 23.9. The Labute approximate surface area is 280 Å². The maximum absolute atomic E-state index is 5.22. The molecule has 0 spiro atoms. The predicted molar refractivity (Wildman–Crippen MR) is 204 cm³/mol. The van der Waals surface area contributed by atoms with Crippen molar-refractivity contribution in [1.82, 2.24) is 4.98 Å². The first-order valence-electron chi connectivity index (χ1n) is 16.5. The van der Waals surface area contributed by atoms with Crippen molar-refractivity contribution in [2.75, 3.05) is 0 Å². The third kappa shape index (κ3) is 4.60. The molecular weight excluding hydrogens is 579 g/mol. The van der Waals surface area contributed by atoms with Crippen molar-refractivity contribution in [2.24, 2.45) is 0 Å². The maximum Gasteiger partial charge on any atom is 0.0792 e. The molecule has 0 aliphatic rings. The van der Waals surface area contributed by atoms with Crippen molar-refractivity contribution in [3.05, 3.63) is 188 Å². The quantitative estimate of drug-likeness (QED) is 0.177. The van der Waals surface area contributed by atoms with Crippen LogP contribution in [0.15, 0.2) is 188 Å². The van der Waals surface area contributed by atoms with Crippen LogP contribution in [-0.2, 0) is 0 Å². The standard InChI is InChI=1S/C47H31N/c1-4-16-32(17-5-1)35-26-14-29-43(47-44(34-20-8-3-9-21-34)36(30-31-48-47)33-18-6-2-7-19-33)45(35)42-28-15-27-41-39-23-11-10-22-37(39)38-24-12-13-25-40(38)46(41)42/h1-31H. The zero-order valence-electron chi connectivity index (χ0n) is 26.3. The van der Waals surface area contributed by atoms with E-state index in [-0.39, 0.29) is 0 Å². The number of nitrogens with zero attached hydrogens (tertiary/aromatic N) is 1. The largest absolute Gasteiger partial charge is 0.256 e. The number of benzene rings is 8. The molecule has 0 saturated carbocycles. The molecule has 0 aliphatic carbocycles. The molecule has 0 unspecified atom stereocenters. The number of hydrogen-bond acceptors (Lipinski definition) is 1. The summed E-state index contributed by atoms with van der Waals surface area (Å²) in [5.74, 6) is 0. The zero-order valence-corrected chi connectivity index (χ0v) is 26.3. The summed E-state index contributed by atoms with van der Waals surface area (Å²) in [5, 5.41) is 7.58. The lowest BCUT2D eigenvalue weighted by Crippen LogP contribution is -1.98. The minimum Gasteiger partial charge on any atom is -0.256 e. The van der Waals surface area contributed by atoms with Gasteiger partial charge in [0.2, 0.25) is 0 Å². The Morgan fingerprint density at radius 1 is 0.271 bits per heavy atom. The van der Waals surface area contributed by atoms with Crippen LogP contribution in [0.3, 0.4) is 0 Å². The van der Waals surface area contributed by atoms with E-state index in [1.165, 1.54) is 60.1 Å². The molecule has 1 heteroatoms. The normalized spacial score (nSPS) is 11.3. The van der Waals surface area contributed by atoms with Gasteiger partial charge in [-0.3, -0.25) is 4.98 Å². The fourth-order valence-corrected chi connectivity index (χ4v) is 7.48.